The summed E-state index contributed by atoms with van der Waals surface area (Å²) in [7, 11) is 0. The van der Waals surface area contributed by atoms with E-state index in [9.17, 15) is 9.59 Å². The summed E-state index contributed by atoms with van der Waals surface area (Å²) < 4.78 is 2.25. The molecule has 0 aliphatic carbocycles. The van der Waals surface area contributed by atoms with E-state index in [4.69, 9.17) is 5.84 Å². The van der Waals surface area contributed by atoms with E-state index in [1.807, 2.05) is 24.3 Å². The van der Waals surface area contributed by atoms with Gasteiger partial charge in [0.2, 0.25) is 11.1 Å². The summed E-state index contributed by atoms with van der Waals surface area (Å²) in [6.07, 6.45) is 0. The highest BCUT2D eigenvalue weighted by Crippen LogP contribution is 2.27. The number of carbonyl (C=O) groups is 2. The first kappa shape index (κ1) is 16.8. The van der Waals surface area contributed by atoms with Gasteiger partial charge in [-0.25, -0.2) is 9.47 Å². The fourth-order valence-electron chi connectivity index (χ4n) is 2.29. The number of hydrogen-bond donors (Lipinski definition) is 2. The summed E-state index contributed by atoms with van der Waals surface area (Å²) in [5.41, 5.74) is 0.809. The number of nitrogens with one attached hydrogen (secondary N) is 1. The summed E-state index contributed by atoms with van der Waals surface area (Å²) in [5, 5.41) is 10.7. The first-order valence-electron chi connectivity index (χ1n) is 7.19. The number of carbonyl (C=O) groups excluding carboxylic acids is 2. The first-order chi connectivity index (χ1) is 11.5. The molecule has 24 heavy (non-hydrogen) atoms. The lowest BCUT2D eigenvalue weighted by Crippen LogP contribution is -2.39. The molecule has 3 N–H and O–H groups in total. The minimum Gasteiger partial charge on any atom is -0.336 e. The number of amides is 3. The van der Waals surface area contributed by atoms with Crippen molar-refractivity contribution in [3.05, 3.63) is 28.7 Å². The van der Waals surface area contributed by atoms with Crippen LogP contribution in [0.3, 0.4) is 0 Å². The number of nitrogen functional groups attached to an aromatic ring is 1. The van der Waals surface area contributed by atoms with Crippen molar-refractivity contribution in [1.29, 1.82) is 0 Å². The van der Waals surface area contributed by atoms with Crippen LogP contribution in [0.4, 0.5) is 4.79 Å². The Kier molecular flexibility index (Phi) is 4.76. The second-order valence-electron chi connectivity index (χ2n) is 5.17. The van der Waals surface area contributed by atoms with Crippen molar-refractivity contribution in [2.45, 2.75) is 17.3 Å². The lowest BCUT2D eigenvalue weighted by molar-refractivity contribution is -0.126. The van der Waals surface area contributed by atoms with E-state index in [2.05, 4.69) is 31.4 Å². The molecule has 1 aliphatic heterocycles. The van der Waals surface area contributed by atoms with E-state index in [0.717, 1.165) is 10.0 Å². The van der Waals surface area contributed by atoms with Crippen LogP contribution >= 0.6 is 27.7 Å². The molecule has 0 unspecified atom stereocenters. The molecule has 10 heteroatoms. The number of rotatable bonds is 4. The molecule has 1 saturated heterocycles. The highest BCUT2D eigenvalue weighted by atomic mass is 79.9. The Morgan fingerprint density at radius 1 is 1.46 bits per heavy atom. The van der Waals surface area contributed by atoms with Crippen molar-refractivity contribution in [2.75, 3.05) is 18.9 Å². The summed E-state index contributed by atoms with van der Waals surface area (Å²) in [6.45, 7) is 2.56. The van der Waals surface area contributed by atoms with E-state index in [-0.39, 0.29) is 11.9 Å². The van der Waals surface area contributed by atoms with Crippen LogP contribution in [0.5, 0.6) is 0 Å². The largest absolute Gasteiger partial charge is 0.336 e. The lowest BCUT2D eigenvalue weighted by Gasteiger charge is -2.16. The number of nitrogens with two attached hydrogens (primary N) is 1. The lowest BCUT2D eigenvalue weighted by atomic mass is 10.2. The maximum Gasteiger partial charge on any atom is 0.324 e. The van der Waals surface area contributed by atoms with Gasteiger partial charge in [-0.15, -0.1) is 10.2 Å². The van der Waals surface area contributed by atoms with Crippen LogP contribution in [0.25, 0.3) is 11.4 Å². The Labute approximate surface area is 150 Å². The molecule has 0 spiro atoms. The monoisotopic (exact) mass is 410 g/mol. The second kappa shape index (κ2) is 6.81. The van der Waals surface area contributed by atoms with E-state index >= 15 is 0 Å². The smallest absolute Gasteiger partial charge is 0.324 e. The Morgan fingerprint density at radius 2 is 2.25 bits per heavy atom. The third kappa shape index (κ3) is 3.24. The van der Waals surface area contributed by atoms with Gasteiger partial charge in [-0.1, -0.05) is 39.8 Å². The predicted molar refractivity (Wildman–Crippen MR) is 93.7 cm³/mol. The van der Waals surface area contributed by atoms with Gasteiger partial charge >= 0.3 is 6.03 Å². The molecule has 3 rings (SSSR count). The number of imide groups is 1. The normalized spacial score (nSPS) is 15.4. The van der Waals surface area contributed by atoms with E-state index < -0.39 is 5.25 Å². The number of nitrogens with zero attached hydrogens (tertiary/aromatic N) is 4. The van der Waals surface area contributed by atoms with Gasteiger partial charge in [0.1, 0.15) is 0 Å². The summed E-state index contributed by atoms with van der Waals surface area (Å²) in [5.74, 6) is 6.29. The molecule has 0 saturated carbocycles. The zero-order valence-electron chi connectivity index (χ0n) is 12.8. The Hall–Kier alpha value is -2.07. The summed E-state index contributed by atoms with van der Waals surface area (Å²) in [6, 6.07) is 7.16. The molecular weight excluding hydrogens is 396 g/mol. The molecule has 3 amide bonds. The Morgan fingerprint density at radius 3 is 2.92 bits per heavy atom. The highest BCUT2D eigenvalue weighted by Gasteiger charge is 2.31. The van der Waals surface area contributed by atoms with Gasteiger partial charge in [-0.05, 0) is 19.1 Å². The Balaban J connectivity index is 1.76. The van der Waals surface area contributed by atoms with Crippen LogP contribution < -0.4 is 11.2 Å². The summed E-state index contributed by atoms with van der Waals surface area (Å²) in [4.78, 5) is 25.1. The SMILES string of the molecule is C[C@H](Sc1nnc(-c2cccc(Br)c2)n1N)C(=O)N1CCNC1=O. The minimum absolute atomic E-state index is 0.276. The van der Waals surface area contributed by atoms with Crippen molar-refractivity contribution in [3.8, 4) is 11.4 Å². The molecule has 126 valence electrons. The van der Waals surface area contributed by atoms with Gasteiger partial charge in [-0.2, -0.15) is 0 Å². The number of thioether (sulfide) groups is 1. The van der Waals surface area contributed by atoms with Crippen LogP contribution in [-0.4, -0.2) is 50.1 Å². The maximum absolute atomic E-state index is 12.3. The van der Waals surface area contributed by atoms with Crippen LogP contribution in [-0.2, 0) is 4.79 Å². The van der Waals surface area contributed by atoms with Gasteiger partial charge in [0.05, 0.1) is 5.25 Å². The third-order valence-corrected chi connectivity index (χ3v) is 5.04. The van der Waals surface area contributed by atoms with E-state index in [0.29, 0.717) is 24.1 Å². The standard InChI is InChI=1S/C14H15BrN6O2S/c1-8(12(22)20-6-5-17-13(20)23)24-14-19-18-11(21(14)16)9-3-2-4-10(15)7-9/h2-4,7-8H,5-6,16H2,1H3,(H,17,23)/t8-/m0/s1. The Bertz CT molecular complexity index is 795. The minimum atomic E-state index is -0.504. The average molecular weight is 411 g/mol. The zero-order chi connectivity index (χ0) is 17.3. The molecule has 1 aliphatic rings. The van der Waals surface area contributed by atoms with Crippen LogP contribution in [0.1, 0.15) is 6.92 Å². The highest BCUT2D eigenvalue weighted by molar-refractivity contribution is 9.10. The fourth-order valence-corrected chi connectivity index (χ4v) is 3.52. The quantitative estimate of drug-likeness (QED) is 0.583. The molecule has 1 aromatic carbocycles. The average Bonchev–Trinajstić information content (AvgIpc) is 3.13. The number of halogens is 1. The fraction of sp³-hybridized carbons (Fsp3) is 0.286. The molecule has 0 bridgehead atoms. The van der Waals surface area contributed by atoms with Gasteiger partial charge in [0, 0.05) is 23.1 Å². The van der Waals surface area contributed by atoms with Crippen molar-refractivity contribution in [1.82, 2.24) is 25.1 Å². The maximum atomic E-state index is 12.3. The molecular formula is C14H15BrN6O2S. The number of hydrogen-bond acceptors (Lipinski definition) is 6. The van der Waals surface area contributed by atoms with Crippen LogP contribution in [0.15, 0.2) is 33.9 Å². The number of aromatic nitrogens is 3. The second-order valence-corrected chi connectivity index (χ2v) is 7.39. The molecule has 2 aromatic rings. The van der Waals surface area contributed by atoms with Crippen molar-refractivity contribution < 1.29 is 9.59 Å². The molecule has 1 aromatic heterocycles. The molecule has 2 heterocycles. The van der Waals surface area contributed by atoms with Crippen molar-refractivity contribution >= 4 is 39.6 Å². The van der Waals surface area contributed by atoms with E-state index in [1.54, 1.807) is 6.92 Å². The molecule has 1 atom stereocenters. The molecule has 8 nitrogen and oxygen atoms in total. The zero-order valence-corrected chi connectivity index (χ0v) is 15.2. The summed E-state index contributed by atoms with van der Waals surface area (Å²) >= 11 is 4.57. The van der Waals surface area contributed by atoms with Gasteiger partial charge in [-0.3, -0.25) is 9.69 Å². The van der Waals surface area contributed by atoms with Gasteiger partial charge < -0.3 is 11.2 Å². The predicted octanol–water partition coefficient (Wildman–Crippen LogP) is 1.45. The van der Waals surface area contributed by atoms with Crippen molar-refractivity contribution in [2.24, 2.45) is 0 Å². The van der Waals surface area contributed by atoms with E-state index in [1.165, 1.54) is 21.3 Å². The van der Waals surface area contributed by atoms with Crippen molar-refractivity contribution in [3.63, 3.8) is 0 Å². The molecule has 1 fully saturated rings. The van der Waals surface area contributed by atoms with Gasteiger partial charge in [0.25, 0.3) is 0 Å². The molecule has 0 radical (unpaired) electrons. The number of urea groups is 1. The van der Waals surface area contributed by atoms with Crippen LogP contribution in [0, 0.1) is 0 Å². The first-order valence-corrected chi connectivity index (χ1v) is 8.87. The topological polar surface area (TPSA) is 106 Å². The number of benzene rings is 1. The van der Waals surface area contributed by atoms with Crippen LogP contribution in [0.2, 0.25) is 0 Å². The van der Waals surface area contributed by atoms with Gasteiger partial charge in [0.15, 0.2) is 5.82 Å². The third-order valence-electron chi connectivity index (χ3n) is 3.50.